The van der Waals surface area contributed by atoms with E-state index in [1.54, 1.807) is 24.3 Å². The lowest BCUT2D eigenvalue weighted by Crippen LogP contribution is -2.48. The largest absolute Gasteiger partial charge is 0.314 e. The van der Waals surface area contributed by atoms with E-state index in [4.69, 9.17) is 11.6 Å². The van der Waals surface area contributed by atoms with Crippen LogP contribution in [0.25, 0.3) is 10.8 Å². The van der Waals surface area contributed by atoms with Gasteiger partial charge in [-0.2, -0.15) is 0 Å². The Morgan fingerprint density at radius 3 is 2.16 bits per heavy atom. The number of sulfonamides is 1. The molecule has 2 unspecified atom stereocenters. The average molecular weight is 501 g/mol. The Labute approximate surface area is 200 Å². The third-order valence-electron chi connectivity index (χ3n) is 5.89. The van der Waals surface area contributed by atoms with E-state index in [0.717, 1.165) is 37.1 Å². The van der Waals surface area contributed by atoms with Gasteiger partial charge in [-0.25, -0.2) is 13.1 Å². The first-order chi connectivity index (χ1) is 14.0. The number of benzene rings is 3. The van der Waals surface area contributed by atoms with E-state index in [0.29, 0.717) is 5.02 Å². The van der Waals surface area contributed by atoms with Crippen LogP contribution in [0.3, 0.4) is 0 Å². The topological polar surface area (TPSA) is 61.4 Å². The molecule has 0 radical (unpaired) electrons. The van der Waals surface area contributed by atoms with Crippen molar-refractivity contribution >= 4 is 57.2 Å². The molecule has 1 fully saturated rings. The number of piperazine rings is 1. The molecule has 0 bridgehead atoms. The van der Waals surface area contributed by atoms with Gasteiger partial charge in [0, 0.05) is 31.2 Å². The molecule has 9 heteroatoms. The SMILES string of the molecule is Cl.Cl.O=S(=O)(NC1c2cccc3cccc(c23)C1N1CCNCC1)c1ccc(Cl)cc1. The van der Waals surface area contributed by atoms with Crippen LogP contribution in [0.4, 0.5) is 0 Å². The van der Waals surface area contributed by atoms with Crippen molar-refractivity contribution in [3.8, 4) is 0 Å². The Bertz CT molecular complexity index is 1160. The number of halogens is 3. The number of nitrogens with zero attached hydrogens (tertiary/aromatic N) is 1. The summed E-state index contributed by atoms with van der Waals surface area (Å²) in [5.74, 6) is 0. The Kier molecular flexibility index (Phi) is 7.54. The quantitative estimate of drug-likeness (QED) is 0.560. The molecule has 2 atom stereocenters. The van der Waals surface area contributed by atoms with E-state index in [1.807, 2.05) is 12.1 Å². The van der Waals surface area contributed by atoms with E-state index in [1.165, 1.54) is 10.9 Å². The molecule has 5 rings (SSSR count). The van der Waals surface area contributed by atoms with Crippen LogP contribution in [0.1, 0.15) is 23.2 Å². The zero-order valence-corrected chi connectivity index (χ0v) is 19.8. The summed E-state index contributed by atoms with van der Waals surface area (Å²) in [5.41, 5.74) is 2.24. The molecule has 0 amide bonds. The van der Waals surface area contributed by atoms with Crippen molar-refractivity contribution in [3.63, 3.8) is 0 Å². The summed E-state index contributed by atoms with van der Waals surface area (Å²) in [6.45, 7) is 3.57. The molecule has 3 aromatic carbocycles. The molecule has 1 saturated heterocycles. The van der Waals surface area contributed by atoms with Crippen LogP contribution in [-0.4, -0.2) is 39.5 Å². The molecule has 0 saturated carbocycles. The molecule has 0 spiro atoms. The Morgan fingerprint density at radius 1 is 0.903 bits per heavy atom. The molecule has 5 nitrogen and oxygen atoms in total. The monoisotopic (exact) mass is 499 g/mol. The van der Waals surface area contributed by atoms with Crippen LogP contribution in [0.5, 0.6) is 0 Å². The molecular formula is C22H24Cl3N3O2S. The maximum atomic E-state index is 13.2. The lowest BCUT2D eigenvalue weighted by molar-refractivity contribution is 0.152. The zero-order valence-electron chi connectivity index (χ0n) is 16.6. The van der Waals surface area contributed by atoms with Crippen molar-refractivity contribution in [1.82, 2.24) is 14.9 Å². The van der Waals surface area contributed by atoms with Crippen molar-refractivity contribution < 1.29 is 8.42 Å². The van der Waals surface area contributed by atoms with Gasteiger partial charge in [-0.3, -0.25) is 4.90 Å². The molecule has 31 heavy (non-hydrogen) atoms. The normalized spacial score (nSPS) is 20.8. The van der Waals surface area contributed by atoms with Gasteiger partial charge >= 0.3 is 0 Å². The maximum absolute atomic E-state index is 13.2. The van der Waals surface area contributed by atoms with E-state index in [9.17, 15) is 8.42 Å². The van der Waals surface area contributed by atoms with Crippen molar-refractivity contribution in [3.05, 3.63) is 76.8 Å². The number of nitrogens with one attached hydrogen (secondary N) is 2. The van der Waals surface area contributed by atoms with Crippen LogP contribution in [0.2, 0.25) is 5.02 Å². The minimum Gasteiger partial charge on any atom is -0.314 e. The van der Waals surface area contributed by atoms with Gasteiger partial charge in [0.1, 0.15) is 0 Å². The summed E-state index contributed by atoms with van der Waals surface area (Å²) in [7, 11) is -3.70. The third kappa shape index (κ3) is 4.44. The van der Waals surface area contributed by atoms with Crippen LogP contribution < -0.4 is 10.0 Å². The van der Waals surface area contributed by atoms with E-state index in [2.05, 4.69) is 39.2 Å². The summed E-state index contributed by atoms with van der Waals surface area (Å²) in [5, 5.41) is 6.22. The van der Waals surface area contributed by atoms with Gasteiger partial charge in [-0.05, 0) is 46.2 Å². The molecular weight excluding hydrogens is 477 g/mol. The van der Waals surface area contributed by atoms with Gasteiger partial charge in [0.05, 0.1) is 17.0 Å². The smallest absolute Gasteiger partial charge is 0.241 e. The minimum atomic E-state index is -3.70. The molecule has 2 aliphatic rings. The second kappa shape index (κ2) is 9.63. The molecule has 3 aromatic rings. The van der Waals surface area contributed by atoms with Gasteiger partial charge in [0.25, 0.3) is 0 Å². The molecule has 1 aliphatic carbocycles. The van der Waals surface area contributed by atoms with E-state index in [-0.39, 0.29) is 41.8 Å². The molecule has 166 valence electrons. The second-order valence-corrected chi connectivity index (χ2v) is 9.73. The minimum absolute atomic E-state index is 0. The van der Waals surface area contributed by atoms with Crippen molar-refractivity contribution in [1.29, 1.82) is 0 Å². The fourth-order valence-corrected chi connectivity index (χ4v) is 5.95. The van der Waals surface area contributed by atoms with Crippen molar-refractivity contribution in [2.75, 3.05) is 26.2 Å². The summed E-state index contributed by atoms with van der Waals surface area (Å²) >= 11 is 5.94. The van der Waals surface area contributed by atoms with Gasteiger partial charge in [0.2, 0.25) is 10.0 Å². The van der Waals surface area contributed by atoms with Crippen LogP contribution in [0.15, 0.2) is 65.6 Å². The average Bonchev–Trinajstić information content (AvgIpc) is 3.04. The van der Waals surface area contributed by atoms with Crippen LogP contribution in [0, 0.1) is 0 Å². The summed E-state index contributed by atoms with van der Waals surface area (Å²) in [6, 6.07) is 18.4. The number of hydrogen-bond acceptors (Lipinski definition) is 4. The third-order valence-corrected chi connectivity index (χ3v) is 7.60. The Morgan fingerprint density at radius 2 is 1.52 bits per heavy atom. The number of rotatable bonds is 4. The Hall–Kier alpha value is -1.38. The lowest BCUT2D eigenvalue weighted by atomic mass is 10.0. The second-order valence-electron chi connectivity index (χ2n) is 7.58. The first-order valence-corrected chi connectivity index (χ1v) is 11.6. The first-order valence-electron chi connectivity index (χ1n) is 9.79. The zero-order chi connectivity index (χ0) is 20.0. The number of hydrogen-bond donors (Lipinski definition) is 2. The predicted molar refractivity (Wildman–Crippen MR) is 130 cm³/mol. The summed E-state index contributed by atoms with van der Waals surface area (Å²) in [4.78, 5) is 2.62. The highest BCUT2D eigenvalue weighted by Crippen LogP contribution is 2.47. The van der Waals surface area contributed by atoms with Crippen molar-refractivity contribution in [2.24, 2.45) is 0 Å². The molecule has 1 aliphatic heterocycles. The molecule has 0 aromatic heterocycles. The van der Waals surface area contributed by atoms with Crippen LogP contribution >= 0.6 is 36.4 Å². The highest BCUT2D eigenvalue weighted by molar-refractivity contribution is 7.89. The molecule has 2 N–H and O–H groups in total. The van der Waals surface area contributed by atoms with Crippen molar-refractivity contribution in [2.45, 2.75) is 17.0 Å². The summed E-state index contributed by atoms with van der Waals surface area (Å²) < 4.78 is 29.4. The van der Waals surface area contributed by atoms with Gasteiger partial charge < -0.3 is 5.32 Å². The lowest BCUT2D eigenvalue weighted by Gasteiger charge is -2.37. The van der Waals surface area contributed by atoms with E-state index < -0.39 is 10.0 Å². The predicted octanol–water partition coefficient (Wildman–Crippen LogP) is 4.32. The standard InChI is InChI=1S/C22H22ClN3O2S.2ClH/c23-16-7-9-17(10-8-16)29(27,28)25-21-18-5-1-3-15-4-2-6-19(20(15)18)22(21)26-13-11-24-12-14-26;;/h1-10,21-22,24-25H,11-14H2;2*1H. The van der Waals surface area contributed by atoms with Gasteiger partial charge in [0.15, 0.2) is 0 Å². The molecule has 1 heterocycles. The van der Waals surface area contributed by atoms with Gasteiger partial charge in [-0.15, -0.1) is 24.8 Å². The first kappa shape index (κ1) is 24.3. The van der Waals surface area contributed by atoms with E-state index >= 15 is 0 Å². The van der Waals surface area contributed by atoms with Crippen LogP contribution in [-0.2, 0) is 10.0 Å². The highest BCUT2D eigenvalue weighted by atomic mass is 35.5. The van der Waals surface area contributed by atoms with Gasteiger partial charge in [-0.1, -0.05) is 48.0 Å². The fraction of sp³-hybridized carbons (Fsp3) is 0.273. The fourth-order valence-electron chi connectivity index (χ4n) is 4.60. The summed E-state index contributed by atoms with van der Waals surface area (Å²) in [6.07, 6.45) is 0. The maximum Gasteiger partial charge on any atom is 0.241 e. The Balaban J connectivity index is 0.00000136. The highest BCUT2D eigenvalue weighted by Gasteiger charge is 2.40.